The zero-order chi connectivity index (χ0) is 13.2. The summed E-state index contributed by atoms with van der Waals surface area (Å²) < 4.78 is 5.42. The summed E-state index contributed by atoms with van der Waals surface area (Å²) in [6, 6.07) is 2.37. The summed E-state index contributed by atoms with van der Waals surface area (Å²) in [5.41, 5.74) is 1.28. The number of rotatable bonds is 2. The van der Waals surface area contributed by atoms with Crippen LogP contribution in [-0.2, 0) is 0 Å². The summed E-state index contributed by atoms with van der Waals surface area (Å²) in [5, 5.41) is 7.65. The lowest BCUT2D eigenvalue weighted by Crippen LogP contribution is -2.21. The Labute approximate surface area is 117 Å². The van der Waals surface area contributed by atoms with Crippen LogP contribution in [0, 0.1) is 13.8 Å². The van der Waals surface area contributed by atoms with Crippen LogP contribution in [0.5, 0.6) is 0 Å². The van der Waals surface area contributed by atoms with Crippen molar-refractivity contribution in [3.63, 3.8) is 0 Å². The van der Waals surface area contributed by atoms with E-state index in [4.69, 9.17) is 4.52 Å². The molecule has 0 radical (unpaired) electrons. The van der Waals surface area contributed by atoms with Gasteiger partial charge in [-0.25, -0.2) is 0 Å². The second kappa shape index (κ2) is 5.43. The number of aromatic nitrogens is 2. The van der Waals surface area contributed by atoms with Gasteiger partial charge in [0.25, 0.3) is 5.89 Å². The van der Waals surface area contributed by atoms with Gasteiger partial charge in [0.15, 0.2) is 5.82 Å². The highest BCUT2D eigenvalue weighted by Gasteiger charge is 2.20. The van der Waals surface area contributed by atoms with Crippen molar-refractivity contribution in [2.45, 2.75) is 45.6 Å². The van der Waals surface area contributed by atoms with Crippen molar-refractivity contribution in [2.75, 3.05) is 6.54 Å². The molecule has 2 aromatic rings. The van der Waals surface area contributed by atoms with Crippen LogP contribution in [0.2, 0.25) is 0 Å². The summed E-state index contributed by atoms with van der Waals surface area (Å²) in [7, 11) is 0. The molecule has 1 fully saturated rings. The first-order chi connectivity index (χ1) is 9.24. The first kappa shape index (κ1) is 12.8. The van der Waals surface area contributed by atoms with Crippen molar-refractivity contribution in [1.29, 1.82) is 0 Å². The van der Waals surface area contributed by atoms with Crippen LogP contribution < -0.4 is 5.32 Å². The fraction of sp³-hybridized carbons (Fsp3) is 0.571. The van der Waals surface area contributed by atoms with E-state index in [0.717, 1.165) is 23.7 Å². The SMILES string of the molecule is Cc1cc(-c2nc(C3CCCCCN3)no2)sc1C. The van der Waals surface area contributed by atoms with E-state index >= 15 is 0 Å². The Morgan fingerprint density at radius 2 is 2.21 bits per heavy atom. The number of hydrogen-bond acceptors (Lipinski definition) is 5. The van der Waals surface area contributed by atoms with Crippen molar-refractivity contribution >= 4 is 11.3 Å². The molecular formula is C14H19N3OS. The molecule has 4 nitrogen and oxygen atoms in total. The van der Waals surface area contributed by atoms with Crippen molar-refractivity contribution < 1.29 is 4.52 Å². The van der Waals surface area contributed by atoms with Crippen molar-refractivity contribution in [3.8, 4) is 10.8 Å². The van der Waals surface area contributed by atoms with Gasteiger partial charge in [-0.2, -0.15) is 4.98 Å². The summed E-state index contributed by atoms with van der Waals surface area (Å²) in [6.45, 7) is 5.28. The molecule has 0 saturated carbocycles. The van der Waals surface area contributed by atoms with Crippen molar-refractivity contribution in [1.82, 2.24) is 15.5 Å². The zero-order valence-corrected chi connectivity index (χ0v) is 12.2. The van der Waals surface area contributed by atoms with E-state index < -0.39 is 0 Å². The van der Waals surface area contributed by atoms with Crippen molar-refractivity contribution in [3.05, 3.63) is 22.3 Å². The monoisotopic (exact) mass is 277 g/mol. The summed E-state index contributed by atoms with van der Waals surface area (Å²) in [4.78, 5) is 6.95. The third kappa shape index (κ3) is 2.72. The van der Waals surface area contributed by atoms with Crippen LogP contribution in [0.3, 0.4) is 0 Å². The molecule has 19 heavy (non-hydrogen) atoms. The average Bonchev–Trinajstić information content (AvgIpc) is 2.90. The van der Waals surface area contributed by atoms with E-state index in [-0.39, 0.29) is 6.04 Å². The van der Waals surface area contributed by atoms with Crippen LogP contribution in [0.15, 0.2) is 10.6 Å². The van der Waals surface area contributed by atoms with Crippen LogP contribution >= 0.6 is 11.3 Å². The predicted octanol–water partition coefficient (Wildman–Crippen LogP) is 3.62. The van der Waals surface area contributed by atoms with Gasteiger partial charge < -0.3 is 9.84 Å². The molecule has 5 heteroatoms. The standard InChI is InChI=1S/C14H19N3OS/c1-9-8-12(19-10(9)2)14-16-13(17-18-14)11-6-4-3-5-7-15-11/h8,11,15H,3-7H2,1-2H3. The highest BCUT2D eigenvalue weighted by molar-refractivity contribution is 7.15. The topological polar surface area (TPSA) is 51.0 Å². The normalized spacial score (nSPS) is 20.4. The minimum absolute atomic E-state index is 0.252. The molecule has 102 valence electrons. The third-order valence-corrected chi connectivity index (χ3v) is 4.83. The Bertz CT molecular complexity index is 533. The van der Waals surface area contributed by atoms with Gasteiger partial charge in [-0.15, -0.1) is 11.3 Å². The lowest BCUT2D eigenvalue weighted by atomic mass is 10.1. The Morgan fingerprint density at radius 3 is 3.00 bits per heavy atom. The molecule has 3 rings (SSSR count). The lowest BCUT2D eigenvalue weighted by molar-refractivity contribution is 0.403. The number of nitrogens with zero attached hydrogens (tertiary/aromatic N) is 2. The molecule has 1 unspecified atom stereocenters. The Balaban J connectivity index is 1.82. The number of hydrogen-bond donors (Lipinski definition) is 1. The molecular weight excluding hydrogens is 258 g/mol. The number of aryl methyl sites for hydroxylation is 2. The van der Waals surface area contributed by atoms with E-state index in [9.17, 15) is 0 Å². The Morgan fingerprint density at radius 1 is 1.32 bits per heavy atom. The summed E-state index contributed by atoms with van der Waals surface area (Å²) in [6.07, 6.45) is 4.86. The van der Waals surface area contributed by atoms with Crippen LogP contribution in [0.1, 0.15) is 48.0 Å². The molecule has 0 bridgehead atoms. The molecule has 3 heterocycles. The minimum Gasteiger partial charge on any atom is -0.333 e. The highest BCUT2D eigenvalue weighted by atomic mass is 32.1. The van der Waals surface area contributed by atoms with Gasteiger partial charge in [-0.1, -0.05) is 18.0 Å². The van der Waals surface area contributed by atoms with Gasteiger partial charge in [0.05, 0.1) is 10.9 Å². The second-order valence-electron chi connectivity index (χ2n) is 5.16. The molecule has 1 atom stereocenters. The van der Waals surface area contributed by atoms with E-state index in [1.165, 1.54) is 29.7 Å². The maximum absolute atomic E-state index is 5.42. The maximum Gasteiger partial charge on any atom is 0.268 e. The number of nitrogens with one attached hydrogen (secondary N) is 1. The molecule has 2 aromatic heterocycles. The minimum atomic E-state index is 0.252. The molecule has 1 aliphatic heterocycles. The fourth-order valence-electron chi connectivity index (χ4n) is 2.40. The smallest absolute Gasteiger partial charge is 0.268 e. The van der Waals surface area contributed by atoms with Gasteiger partial charge in [-0.3, -0.25) is 0 Å². The third-order valence-electron chi connectivity index (χ3n) is 3.69. The van der Waals surface area contributed by atoms with Crippen LogP contribution in [-0.4, -0.2) is 16.7 Å². The summed E-state index contributed by atoms with van der Waals surface area (Å²) >= 11 is 1.71. The van der Waals surface area contributed by atoms with Gasteiger partial charge in [0.1, 0.15) is 0 Å². The van der Waals surface area contributed by atoms with Crippen molar-refractivity contribution in [2.24, 2.45) is 0 Å². The lowest BCUT2D eigenvalue weighted by Gasteiger charge is -2.09. The molecule has 0 aromatic carbocycles. The van der Waals surface area contributed by atoms with E-state index in [1.807, 2.05) is 0 Å². The highest BCUT2D eigenvalue weighted by Crippen LogP contribution is 2.30. The molecule has 0 amide bonds. The summed E-state index contributed by atoms with van der Waals surface area (Å²) in [5.74, 6) is 1.46. The van der Waals surface area contributed by atoms with Gasteiger partial charge in [-0.05, 0) is 44.9 Å². The first-order valence-corrected chi connectivity index (χ1v) is 7.70. The Kier molecular flexibility index (Phi) is 3.66. The molecule has 0 spiro atoms. The first-order valence-electron chi connectivity index (χ1n) is 6.88. The van der Waals surface area contributed by atoms with Gasteiger partial charge >= 0.3 is 0 Å². The van der Waals surface area contributed by atoms with Crippen LogP contribution in [0.25, 0.3) is 10.8 Å². The van der Waals surface area contributed by atoms with E-state index in [0.29, 0.717) is 5.89 Å². The van der Waals surface area contributed by atoms with E-state index in [2.05, 4.69) is 35.4 Å². The second-order valence-corrected chi connectivity index (χ2v) is 6.42. The maximum atomic E-state index is 5.42. The Hall–Kier alpha value is -1.20. The molecule has 1 saturated heterocycles. The predicted molar refractivity (Wildman–Crippen MR) is 76.3 cm³/mol. The van der Waals surface area contributed by atoms with Gasteiger partial charge in [0, 0.05) is 4.88 Å². The van der Waals surface area contributed by atoms with Gasteiger partial charge in [0.2, 0.25) is 0 Å². The number of thiophene rings is 1. The average molecular weight is 277 g/mol. The largest absolute Gasteiger partial charge is 0.333 e. The molecule has 1 aliphatic rings. The van der Waals surface area contributed by atoms with E-state index in [1.54, 1.807) is 11.3 Å². The molecule has 1 N–H and O–H groups in total. The zero-order valence-electron chi connectivity index (χ0n) is 11.4. The molecule has 0 aliphatic carbocycles. The van der Waals surface area contributed by atoms with Crippen LogP contribution in [0.4, 0.5) is 0 Å². The fourth-order valence-corrected chi connectivity index (χ4v) is 3.36. The quantitative estimate of drug-likeness (QED) is 0.911.